The lowest BCUT2D eigenvalue weighted by atomic mass is 10.0. The van der Waals surface area contributed by atoms with E-state index >= 15 is 0 Å². The highest BCUT2D eigenvalue weighted by atomic mass is 16.6. The van der Waals surface area contributed by atoms with E-state index in [1.54, 1.807) is 0 Å². The van der Waals surface area contributed by atoms with E-state index in [0.717, 1.165) is 0 Å². The molecule has 0 heterocycles. The van der Waals surface area contributed by atoms with Gasteiger partial charge in [-0.1, -0.05) is 12.1 Å². The summed E-state index contributed by atoms with van der Waals surface area (Å²) in [7, 11) is 2.59. The van der Waals surface area contributed by atoms with Crippen LogP contribution in [0.4, 0.5) is 5.69 Å². The van der Waals surface area contributed by atoms with Crippen LogP contribution >= 0.6 is 0 Å². The number of carboxylic acids is 1. The van der Waals surface area contributed by atoms with E-state index in [4.69, 9.17) is 5.11 Å². The predicted octanol–water partition coefficient (Wildman–Crippen LogP) is 0.361. The van der Waals surface area contributed by atoms with Gasteiger partial charge in [0.25, 0.3) is 5.69 Å². The monoisotopic (exact) mass is 251 g/mol. The molecule has 0 aliphatic heterocycles. The van der Waals surface area contributed by atoms with Crippen LogP contribution in [0.3, 0.4) is 0 Å². The molecule has 1 aromatic rings. The van der Waals surface area contributed by atoms with Crippen LogP contribution in [0.1, 0.15) is 5.56 Å². The summed E-state index contributed by atoms with van der Waals surface area (Å²) in [5.41, 5.74) is 0.659. The molecule has 1 radical (unpaired) electrons. The number of nitro groups is 1. The largest absolute Gasteiger partial charge is 0.480 e. The first-order chi connectivity index (χ1) is 8.54. The number of carbonyl (C=O) groups is 1. The maximum Gasteiger partial charge on any atom is 0.396 e. The first-order valence-electron chi connectivity index (χ1n) is 5.11. The molecule has 0 bridgehead atoms. The van der Waals surface area contributed by atoms with Crippen LogP contribution in [0, 0.1) is 10.1 Å². The van der Waals surface area contributed by atoms with Crippen molar-refractivity contribution in [2.75, 3.05) is 7.11 Å². The lowest BCUT2D eigenvalue weighted by Crippen LogP contribution is -2.41. The second kappa shape index (κ2) is 6.72. The zero-order chi connectivity index (χ0) is 13.5. The predicted molar refractivity (Wildman–Crippen MR) is 64.1 cm³/mol. The second-order valence-corrected chi connectivity index (χ2v) is 3.54. The quantitative estimate of drug-likeness (QED) is 0.412. The van der Waals surface area contributed by atoms with Crippen molar-refractivity contribution in [2.24, 2.45) is 0 Å². The van der Waals surface area contributed by atoms with E-state index in [9.17, 15) is 14.9 Å². The Morgan fingerprint density at radius 1 is 1.56 bits per heavy atom. The fraction of sp³-hybridized carbons (Fsp3) is 0.300. The minimum absolute atomic E-state index is 0.0259. The van der Waals surface area contributed by atoms with E-state index in [1.165, 1.54) is 39.0 Å². The molecule has 1 atom stereocenters. The topological polar surface area (TPSA) is 102 Å². The number of hydrogen-bond acceptors (Lipinski definition) is 5. The van der Waals surface area contributed by atoms with Gasteiger partial charge in [0.15, 0.2) is 0 Å². The molecule has 0 aromatic heterocycles. The van der Waals surface area contributed by atoms with Crippen LogP contribution in [-0.2, 0) is 15.9 Å². The van der Waals surface area contributed by atoms with Gasteiger partial charge in [-0.05, 0) is 12.0 Å². The molecule has 0 spiro atoms. The van der Waals surface area contributed by atoms with Crippen molar-refractivity contribution in [3.63, 3.8) is 0 Å². The molecule has 1 aromatic carbocycles. The number of nitrogens with zero attached hydrogens (tertiary/aromatic N) is 1. The summed E-state index contributed by atoms with van der Waals surface area (Å²) < 4.78 is 4.62. The Morgan fingerprint density at radius 3 is 2.61 bits per heavy atom. The van der Waals surface area contributed by atoms with E-state index in [2.05, 4.69) is 9.88 Å². The van der Waals surface area contributed by atoms with E-state index in [0.29, 0.717) is 5.56 Å². The normalized spacial score (nSPS) is 11.8. The highest BCUT2D eigenvalue weighted by Crippen LogP contribution is 2.13. The Kier molecular flexibility index (Phi) is 5.28. The third-order valence-electron chi connectivity index (χ3n) is 2.27. The molecule has 95 valence electrons. The highest BCUT2D eigenvalue weighted by Gasteiger charge is 2.18. The van der Waals surface area contributed by atoms with Crippen LogP contribution in [0.2, 0.25) is 0 Å². The van der Waals surface area contributed by atoms with Crippen molar-refractivity contribution in [3.8, 4) is 0 Å². The lowest BCUT2D eigenvalue weighted by molar-refractivity contribution is -0.384. The van der Waals surface area contributed by atoms with Crippen LogP contribution in [0.5, 0.6) is 0 Å². The summed E-state index contributed by atoms with van der Waals surface area (Å²) in [6, 6.07) is 4.90. The van der Waals surface area contributed by atoms with Crippen molar-refractivity contribution < 1.29 is 19.5 Å². The number of carboxylic acid groups (broad SMARTS) is 1. The average molecular weight is 251 g/mol. The molecule has 0 fully saturated rings. The summed E-state index contributed by atoms with van der Waals surface area (Å²) in [5.74, 6) is -1.03. The molecule has 18 heavy (non-hydrogen) atoms. The first kappa shape index (κ1) is 14.1. The Bertz CT molecular complexity index is 423. The molecule has 0 amide bonds. The van der Waals surface area contributed by atoms with Gasteiger partial charge < -0.3 is 15.0 Å². The standard InChI is InChI=1S/C10H12BN2O5/c1-18-11-12-9(10(14)15)6-7-2-4-8(5-3-7)13(16)17/h2-5,9,12H,6H2,1H3,(H,14,15). The molecule has 1 rings (SSSR count). The SMILES string of the molecule is CO[B]NC(Cc1ccc([N+](=O)[O-])cc1)C(=O)O. The Balaban J connectivity index is 2.68. The Hall–Kier alpha value is -1.93. The van der Waals surface area contributed by atoms with Crippen molar-refractivity contribution >= 4 is 19.3 Å². The summed E-state index contributed by atoms with van der Waals surface area (Å²) in [6.07, 6.45) is 0.202. The number of aliphatic carboxylic acids is 1. The van der Waals surface area contributed by atoms with Crippen molar-refractivity contribution in [2.45, 2.75) is 12.5 Å². The Morgan fingerprint density at radius 2 is 2.17 bits per heavy atom. The number of nitro benzene ring substituents is 1. The van der Waals surface area contributed by atoms with Gasteiger partial charge in [-0.25, -0.2) is 0 Å². The van der Waals surface area contributed by atoms with Crippen molar-refractivity contribution in [3.05, 3.63) is 39.9 Å². The third-order valence-corrected chi connectivity index (χ3v) is 2.27. The fourth-order valence-electron chi connectivity index (χ4n) is 1.36. The number of nitrogens with one attached hydrogen (secondary N) is 1. The van der Waals surface area contributed by atoms with Crippen LogP contribution in [-0.4, -0.2) is 36.8 Å². The third kappa shape index (κ3) is 4.15. The summed E-state index contributed by atoms with van der Waals surface area (Å²) in [5, 5.41) is 22.0. The van der Waals surface area contributed by atoms with E-state index < -0.39 is 16.9 Å². The van der Waals surface area contributed by atoms with Crippen molar-refractivity contribution in [1.29, 1.82) is 0 Å². The summed E-state index contributed by atoms with van der Waals surface area (Å²) >= 11 is 0. The number of rotatable bonds is 7. The van der Waals surface area contributed by atoms with Gasteiger partial charge in [0.2, 0.25) is 0 Å². The van der Waals surface area contributed by atoms with Gasteiger partial charge in [-0.3, -0.25) is 14.9 Å². The smallest absolute Gasteiger partial charge is 0.396 e. The van der Waals surface area contributed by atoms with Gasteiger partial charge in [0, 0.05) is 19.2 Å². The number of hydrogen-bond donors (Lipinski definition) is 2. The maximum atomic E-state index is 10.9. The summed E-state index contributed by atoms with van der Waals surface area (Å²) in [6.45, 7) is 0. The molecule has 1 unspecified atom stereocenters. The summed E-state index contributed by atoms with van der Waals surface area (Å²) in [4.78, 5) is 20.9. The minimum atomic E-state index is -1.03. The number of non-ortho nitro benzene ring substituents is 1. The van der Waals surface area contributed by atoms with Crippen LogP contribution in [0.15, 0.2) is 24.3 Å². The average Bonchev–Trinajstić information content (AvgIpc) is 2.34. The molecular weight excluding hydrogens is 239 g/mol. The fourth-order valence-corrected chi connectivity index (χ4v) is 1.36. The van der Waals surface area contributed by atoms with Crippen molar-refractivity contribution in [1.82, 2.24) is 5.23 Å². The minimum Gasteiger partial charge on any atom is -0.480 e. The van der Waals surface area contributed by atoms with Gasteiger partial charge >= 0.3 is 13.6 Å². The molecule has 0 aliphatic carbocycles. The molecule has 7 nitrogen and oxygen atoms in total. The zero-order valence-electron chi connectivity index (χ0n) is 9.70. The van der Waals surface area contributed by atoms with Crippen LogP contribution in [0.25, 0.3) is 0 Å². The van der Waals surface area contributed by atoms with Gasteiger partial charge in [0.05, 0.1) is 4.92 Å². The number of benzene rings is 1. The second-order valence-electron chi connectivity index (χ2n) is 3.54. The molecule has 8 heteroatoms. The van der Waals surface area contributed by atoms with Gasteiger partial charge in [-0.15, -0.1) is 0 Å². The maximum absolute atomic E-state index is 10.9. The lowest BCUT2D eigenvalue weighted by Gasteiger charge is -2.12. The molecule has 0 aliphatic rings. The Labute approximate surface area is 104 Å². The molecule has 2 N–H and O–H groups in total. The first-order valence-corrected chi connectivity index (χ1v) is 5.11. The van der Waals surface area contributed by atoms with Gasteiger partial charge in [0.1, 0.15) is 6.04 Å². The molecule has 0 saturated carbocycles. The van der Waals surface area contributed by atoms with Crippen LogP contribution < -0.4 is 5.23 Å². The molecule has 0 saturated heterocycles. The van der Waals surface area contributed by atoms with E-state index in [-0.39, 0.29) is 12.1 Å². The van der Waals surface area contributed by atoms with E-state index in [1.807, 2.05) is 0 Å². The molecular formula is C10H12BN2O5. The zero-order valence-corrected chi connectivity index (χ0v) is 9.70. The van der Waals surface area contributed by atoms with Gasteiger partial charge in [-0.2, -0.15) is 0 Å². The highest BCUT2D eigenvalue weighted by molar-refractivity contribution is 6.24.